The second-order valence-electron chi connectivity index (χ2n) is 9.94. The minimum atomic E-state index is -0.498. The fourth-order valence-electron chi connectivity index (χ4n) is 6.69. The van der Waals surface area contributed by atoms with Crippen LogP contribution in [0, 0.1) is 41.3 Å². The summed E-state index contributed by atoms with van der Waals surface area (Å²) in [6, 6.07) is 4.38. The summed E-state index contributed by atoms with van der Waals surface area (Å²) < 4.78 is 24.5. The minimum Gasteiger partial charge on any atom is -0.494 e. The SMILES string of the molecule is CCC1CCC(C2CCC3C(CCCC3C(=O)Oc3ccc(OC)c(F)c3)C2)CC1. The van der Waals surface area contributed by atoms with Crippen molar-refractivity contribution in [2.24, 2.45) is 35.5 Å². The van der Waals surface area contributed by atoms with Gasteiger partial charge in [-0.25, -0.2) is 4.39 Å². The highest BCUT2D eigenvalue weighted by molar-refractivity contribution is 5.75. The maximum absolute atomic E-state index is 14.0. The Morgan fingerprint density at radius 2 is 1.77 bits per heavy atom. The Balaban J connectivity index is 1.35. The van der Waals surface area contributed by atoms with Crippen molar-refractivity contribution in [3.8, 4) is 11.5 Å². The van der Waals surface area contributed by atoms with E-state index in [0.29, 0.717) is 11.8 Å². The van der Waals surface area contributed by atoms with Gasteiger partial charge in [-0.15, -0.1) is 0 Å². The van der Waals surface area contributed by atoms with Gasteiger partial charge in [0.25, 0.3) is 0 Å². The maximum Gasteiger partial charge on any atom is 0.314 e. The van der Waals surface area contributed by atoms with Crippen molar-refractivity contribution in [1.29, 1.82) is 0 Å². The van der Waals surface area contributed by atoms with Gasteiger partial charge in [0.2, 0.25) is 0 Å². The Morgan fingerprint density at radius 1 is 1.00 bits per heavy atom. The van der Waals surface area contributed by atoms with Crippen molar-refractivity contribution in [3.05, 3.63) is 24.0 Å². The molecule has 0 bridgehead atoms. The van der Waals surface area contributed by atoms with Crippen LogP contribution in [0.3, 0.4) is 0 Å². The van der Waals surface area contributed by atoms with E-state index in [1.807, 2.05) is 0 Å². The van der Waals surface area contributed by atoms with Crippen LogP contribution in [-0.2, 0) is 4.79 Å². The molecule has 3 nitrogen and oxygen atoms in total. The van der Waals surface area contributed by atoms with Crippen LogP contribution in [0.1, 0.15) is 77.6 Å². The van der Waals surface area contributed by atoms with Gasteiger partial charge in [-0.2, -0.15) is 0 Å². The van der Waals surface area contributed by atoms with E-state index in [4.69, 9.17) is 9.47 Å². The molecule has 0 radical (unpaired) electrons. The number of rotatable bonds is 5. The van der Waals surface area contributed by atoms with E-state index in [9.17, 15) is 9.18 Å². The summed E-state index contributed by atoms with van der Waals surface area (Å²) in [5.74, 6) is 3.56. The molecule has 0 N–H and O–H groups in total. The predicted molar refractivity (Wildman–Crippen MR) is 116 cm³/mol. The topological polar surface area (TPSA) is 35.5 Å². The number of halogens is 1. The average molecular weight is 417 g/mol. The number of hydrogen-bond donors (Lipinski definition) is 0. The lowest BCUT2D eigenvalue weighted by Gasteiger charge is -2.46. The van der Waals surface area contributed by atoms with Crippen molar-refractivity contribution in [2.75, 3.05) is 7.11 Å². The lowest BCUT2D eigenvalue weighted by molar-refractivity contribution is -0.144. The summed E-state index contributed by atoms with van der Waals surface area (Å²) in [6.07, 6.45) is 14.0. The van der Waals surface area contributed by atoms with Gasteiger partial charge in [0.15, 0.2) is 11.6 Å². The number of methoxy groups -OCH3 is 1. The Hall–Kier alpha value is -1.58. The highest BCUT2D eigenvalue weighted by Crippen LogP contribution is 2.50. The molecule has 4 rings (SSSR count). The smallest absolute Gasteiger partial charge is 0.314 e. The van der Waals surface area contributed by atoms with Crippen LogP contribution in [0.4, 0.5) is 4.39 Å². The summed E-state index contributed by atoms with van der Waals surface area (Å²) in [4.78, 5) is 13.0. The molecule has 30 heavy (non-hydrogen) atoms. The lowest BCUT2D eigenvalue weighted by Crippen LogP contribution is -2.40. The first-order valence-corrected chi connectivity index (χ1v) is 12.1. The first-order valence-electron chi connectivity index (χ1n) is 12.1. The van der Waals surface area contributed by atoms with Crippen LogP contribution in [0.5, 0.6) is 11.5 Å². The zero-order valence-electron chi connectivity index (χ0n) is 18.6. The number of hydrogen-bond acceptors (Lipinski definition) is 3. The Kier molecular flexibility index (Phi) is 7.00. The normalized spacial score (nSPS) is 34.1. The Labute approximate surface area is 180 Å². The van der Waals surface area contributed by atoms with Crippen molar-refractivity contribution in [2.45, 2.75) is 77.6 Å². The molecule has 0 heterocycles. The van der Waals surface area contributed by atoms with E-state index in [-0.39, 0.29) is 23.4 Å². The van der Waals surface area contributed by atoms with E-state index >= 15 is 0 Å². The van der Waals surface area contributed by atoms with Crippen LogP contribution >= 0.6 is 0 Å². The second-order valence-corrected chi connectivity index (χ2v) is 9.94. The molecule has 3 saturated carbocycles. The summed E-state index contributed by atoms with van der Waals surface area (Å²) in [5, 5.41) is 0. The van der Waals surface area contributed by atoms with E-state index in [2.05, 4.69) is 6.92 Å². The predicted octanol–water partition coefficient (Wildman–Crippen LogP) is 6.79. The molecule has 166 valence electrons. The van der Waals surface area contributed by atoms with Crippen molar-refractivity contribution in [1.82, 2.24) is 0 Å². The molecular weight excluding hydrogens is 379 g/mol. The Bertz CT molecular complexity index is 725. The molecule has 0 spiro atoms. The molecule has 0 saturated heterocycles. The molecule has 4 atom stereocenters. The van der Waals surface area contributed by atoms with Crippen LogP contribution in [0.2, 0.25) is 0 Å². The molecule has 3 aliphatic rings. The van der Waals surface area contributed by atoms with Gasteiger partial charge in [0, 0.05) is 6.07 Å². The molecule has 1 aromatic carbocycles. The van der Waals surface area contributed by atoms with Gasteiger partial charge in [-0.3, -0.25) is 4.79 Å². The molecule has 0 aliphatic heterocycles. The van der Waals surface area contributed by atoms with Crippen molar-refractivity contribution >= 4 is 5.97 Å². The first kappa shape index (κ1) is 21.6. The third-order valence-electron chi connectivity index (χ3n) is 8.47. The summed E-state index contributed by atoms with van der Waals surface area (Å²) in [7, 11) is 1.43. The minimum absolute atomic E-state index is 0.0364. The number of fused-ring (bicyclic) bond motifs is 1. The molecular formula is C26H37FO3. The highest BCUT2D eigenvalue weighted by Gasteiger charge is 2.43. The molecule has 0 aromatic heterocycles. The van der Waals surface area contributed by atoms with E-state index in [1.54, 1.807) is 6.07 Å². The van der Waals surface area contributed by atoms with Crippen molar-refractivity contribution in [3.63, 3.8) is 0 Å². The number of carbonyl (C=O) groups excluding carboxylic acids is 1. The van der Waals surface area contributed by atoms with Crippen LogP contribution in [0.25, 0.3) is 0 Å². The van der Waals surface area contributed by atoms with Crippen LogP contribution in [-0.4, -0.2) is 13.1 Å². The summed E-state index contributed by atoms with van der Waals surface area (Å²) in [6.45, 7) is 2.33. The molecule has 4 heteroatoms. The molecule has 0 amide bonds. The highest BCUT2D eigenvalue weighted by atomic mass is 19.1. The zero-order valence-corrected chi connectivity index (χ0v) is 18.6. The first-order chi connectivity index (χ1) is 14.6. The van der Waals surface area contributed by atoms with Gasteiger partial charge in [-0.05, 0) is 80.2 Å². The number of ether oxygens (including phenoxy) is 2. The third kappa shape index (κ3) is 4.68. The Morgan fingerprint density at radius 3 is 2.47 bits per heavy atom. The van der Waals surface area contributed by atoms with Crippen molar-refractivity contribution < 1.29 is 18.7 Å². The number of benzene rings is 1. The molecule has 3 aliphatic carbocycles. The largest absolute Gasteiger partial charge is 0.494 e. The van der Waals surface area contributed by atoms with Gasteiger partial charge >= 0.3 is 5.97 Å². The fraction of sp³-hybridized carbons (Fsp3) is 0.731. The van der Waals surface area contributed by atoms with E-state index in [1.165, 1.54) is 70.6 Å². The molecule has 1 aromatic rings. The van der Waals surface area contributed by atoms with Crippen LogP contribution in [0.15, 0.2) is 18.2 Å². The monoisotopic (exact) mass is 416 g/mol. The zero-order chi connectivity index (χ0) is 21.1. The maximum atomic E-state index is 14.0. The van der Waals surface area contributed by atoms with Gasteiger partial charge in [-0.1, -0.05) is 39.0 Å². The van der Waals surface area contributed by atoms with E-state index < -0.39 is 5.82 Å². The van der Waals surface area contributed by atoms with Crippen LogP contribution < -0.4 is 9.47 Å². The average Bonchev–Trinajstić information content (AvgIpc) is 2.78. The fourth-order valence-corrected chi connectivity index (χ4v) is 6.69. The quantitative estimate of drug-likeness (QED) is 0.392. The van der Waals surface area contributed by atoms with Gasteiger partial charge < -0.3 is 9.47 Å². The molecule has 4 unspecified atom stereocenters. The summed E-state index contributed by atoms with van der Waals surface area (Å²) >= 11 is 0. The number of carbonyl (C=O) groups is 1. The van der Waals surface area contributed by atoms with E-state index in [0.717, 1.165) is 37.0 Å². The van der Waals surface area contributed by atoms with Gasteiger partial charge in [0.1, 0.15) is 5.75 Å². The summed E-state index contributed by atoms with van der Waals surface area (Å²) in [5.41, 5.74) is 0. The number of esters is 1. The standard InChI is InChI=1S/C26H37FO3/c1-3-17-7-9-18(10-8-17)19-11-13-22-20(15-19)5-4-6-23(22)26(28)30-21-12-14-25(29-2)24(27)16-21/h12,14,16-20,22-23H,3-11,13,15H2,1-2H3. The van der Waals surface area contributed by atoms with Gasteiger partial charge in [0.05, 0.1) is 13.0 Å². The lowest BCUT2D eigenvalue weighted by atomic mass is 9.59. The molecule has 3 fully saturated rings. The second kappa shape index (κ2) is 9.70. The third-order valence-corrected chi connectivity index (χ3v) is 8.47.